The molecule has 0 aliphatic carbocycles. The maximum atomic E-state index is 12.1. The number of fused-ring (bicyclic) bond motifs is 1. The van der Waals surface area contributed by atoms with Gasteiger partial charge in [-0.2, -0.15) is 0 Å². The highest BCUT2D eigenvalue weighted by Gasteiger charge is 2.24. The number of carbonyl (C=O) groups is 2. The summed E-state index contributed by atoms with van der Waals surface area (Å²) in [6.07, 6.45) is 0.851. The Balaban J connectivity index is 1.74. The quantitative estimate of drug-likeness (QED) is 0.818. The van der Waals surface area contributed by atoms with Gasteiger partial charge in [0.1, 0.15) is 6.04 Å². The highest BCUT2D eigenvalue weighted by Crippen LogP contribution is 2.22. The van der Waals surface area contributed by atoms with Crippen molar-refractivity contribution in [3.63, 3.8) is 0 Å². The number of carbonyl (C=O) groups excluding carboxylic acids is 2. The van der Waals surface area contributed by atoms with Gasteiger partial charge in [0.15, 0.2) is 0 Å². The summed E-state index contributed by atoms with van der Waals surface area (Å²) in [5.41, 5.74) is 2.36. The predicted molar refractivity (Wildman–Crippen MR) is 78.3 cm³/mol. The third-order valence-electron chi connectivity index (χ3n) is 3.91. The van der Waals surface area contributed by atoms with E-state index in [1.54, 1.807) is 18.0 Å². The molecule has 1 unspecified atom stereocenters. The largest absolute Gasteiger partial charge is 0.378 e. The van der Waals surface area contributed by atoms with Gasteiger partial charge in [0.2, 0.25) is 5.91 Å². The maximum absolute atomic E-state index is 12.1. The Kier molecular flexibility index (Phi) is 3.90. The van der Waals surface area contributed by atoms with Crippen LogP contribution in [-0.4, -0.2) is 56.1 Å². The van der Waals surface area contributed by atoms with Crippen LogP contribution in [0.15, 0.2) is 18.2 Å². The van der Waals surface area contributed by atoms with Gasteiger partial charge in [-0.05, 0) is 24.1 Å². The molecule has 2 amide bonds. The van der Waals surface area contributed by atoms with E-state index in [0.29, 0.717) is 31.0 Å². The molecular weight excluding hydrogens is 270 g/mol. The third kappa shape index (κ3) is 2.91. The zero-order valence-corrected chi connectivity index (χ0v) is 12.0. The first kappa shape index (κ1) is 14.0. The molecule has 0 saturated carbocycles. The minimum atomic E-state index is -0.340. The fraction of sp³-hybridized carbons (Fsp3) is 0.467. The number of rotatable bonds is 2. The van der Waals surface area contributed by atoms with Crippen LogP contribution in [0, 0.1) is 0 Å². The molecule has 1 aromatic rings. The monoisotopic (exact) mass is 289 g/mol. The summed E-state index contributed by atoms with van der Waals surface area (Å²) in [5.74, 6) is -0.127. The number of amides is 2. The first-order valence-electron chi connectivity index (χ1n) is 7.15. The van der Waals surface area contributed by atoms with E-state index < -0.39 is 0 Å². The lowest BCUT2D eigenvalue weighted by Gasteiger charge is -2.26. The molecule has 2 aliphatic rings. The summed E-state index contributed by atoms with van der Waals surface area (Å²) < 4.78 is 5.28. The number of hydrogen-bond acceptors (Lipinski definition) is 4. The second-order valence-electron chi connectivity index (χ2n) is 5.42. The van der Waals surface area contributed by atoms with E-state index in [1.807, 2.05) is 12.1 Å². The van der Waals surface area contributed by atoms with Crippen molar-refractivity contribution < 1.29 is 14.3 Å². The molecule has 0 aromatic heterocycles. The van der Waals surface area contributed by atoms with Crippen molar-refractivity contribution in [2.45, 2.75) is 12.5 Å². The van der Waals surface area contributed by atoms with Crippen LogP contribution in [0.2, 0.25) is 0 Å². The molecule has 6 nitrogen and oxygen atoms in total. The van der Waals surface area contributed by atoms with Gasteiger partial charge in [-0.25, -0.2) is 0 Å². The minimum absolute atomic E-state index is 0.00599. The molecule has 3 rings (SSSR count). The standard InChI is InChI=1S/C15H19N3O3/c1-18-6-4-10-2-3-11(8-12(10)15(18)20)17-14(19)13-9-21-7-5-16-13/h2-3,8,13,16H,4-7,9H2,1H3,(H,17,19). The van der Waals surface area contributed by atoms with Crippen molar-refractivity contribution in [2.75, 3.05) is 38.7 Å². The predicted octanol–water partition coefficient (Wildman–Crippen LogP) is 0.242. The molecule has 1 fully saturated rings. The van der Waals surface area contributed by atoms with Crippen LogP contribution in [0.5, 0.6) is 0 Å². The number of benzene rings is 1. The summed E-state index contributed by atoms with van der Waals surface area (Å²) in [6.45, 7) is 2.41. The lowest BCUT2D eigenvalue weighted by Crippen LogP contribution is -2.48. The Morgan fingerprint density at radius 3 is 3.10 bits per heavy atom. The fourth-order valence-electron chi connectivity index (χ4n) is 2.63. The van der Waals surface area contributed by atoms with Crippen molar-refractivity contribution >= 4 is 17.5 Å². The van der Waals surface area contributed by atoms with Gasteiger partial charge in [-0.3, -0.25) is 9.59 Å². The van der Waals surface area contributed by atoms with Crippen molar-refractivity contribution in [2.24, 2.45) is 0 Å². The van der Waals surface area contributed by atoms with Crippen LogP contribution in [0.1, 0.15) is 15.9 Å². The van der Waals surface area contributed by atoms with Gasteiger partial charge < -0.3 is 20.3 Å². The molecule has 0 spiro atoms. The topological polar surface area (TPSA) is 70.7 Å². The number of nitrogens with one attached hydrogen (secondary N) is 2. The molecular formula is C15H19N3O3. The molecule has 1 aromatic carbocycles. The first-order valence-corrected chi connectivity index (χ1v) is 7.15. The Morgan fingerprint density at radius 2 is 2.33 bits per heavy atom. The van der Waals surface area contributed by atoms with Gasteiger partial charge >= 0.3 is 0 Å². The number of morpholine rings is 1. The zero-order valence-electron chi connectivity index (χ0n) is 12.0. The van der Waals surface area contributed by atoms with Crippen LogP contribution in [0.4, 0.5) is 5.69 Å². The minimum Gasteiger partial charge on any atom is -0.378 e. The number of hydrogen-bond donors (Lipinski definition) is 2. The molecule has 112 valence electrons. The van der Waals surface area contributed by atoms with Gasteiger partial charge in [0, 0.05) is 31.4 Å². The summed E-state index contributed by atoms with van der Waals surface area (Å²) in [5, 5.41) is 5.95. The van der Waals surface area contributed by atoms with E-state index in [2.05, 4.69) is 10.6 Å². The van der Waals surface area contributed by atoms with Crippen LogP contribution >= 0.6 is 0 Å². The van der Waals surface area contributed by atoms with E-state index >= 15 is 0 Å². The summed E-state index contributed by atoms with van der Waals surface area (Å²) in [7, 11) is 1.79. The third-order valence-corrected chi connectivity index (χ3v) is 3.91. The van der Waals surface area contributed by atoms with Gasteiger partial charge in [0.05, 0.1) is 13.2 Å². The molecule has 1 atom stereocenters. The van der Waals surface area contributed by atoms with Crippen LogP contribution in [0.3, 0.4) is 0 Å². The molecule has 2 aliphatic heterocycles. The SMILES string of the molecule is CN1CCc2ccc(NC(=O)C3COCCN3)cc2C1=O. The Labute approximate surface area is 123 Å². The van der Waals surface area contributed by atoms with Gasteiger partial charge in [-0.1, -0.05) is 6.07 Å². The molecule has 2 heterocycles. The smallest absolute Gasteiger partial charge is 0.253 e. The second-order valence-corrected chi connectivity index (χ2v) is 5.42. The van der Waals surface area contributed by atoms with Gasteiger partial charge in [0.25, 0.3) is 5.91 Å². The molecule has 1 saturated heterocycles. The van der Waals surface area contributed by atoms with E-state index in [-0.39, 0.29) is 17.9 Å². The van der Waals surface area contributed by atoms with Crippen LogP contribution in [0.25, 0.3) is 0 Å². The molecule has 6 heteroatoms. The summed E-state index contributed by atoms with van der Waals surface area (Å²) in [4.78, 5) is 26.0. The highest BCUT2D eigenvalue weighted by atomic mass is 16.5. The molecule has 0 radical (unpaired) electrons. The first-order chi connectivity index (χ1) is 10.1. The fourth-order valence-corrected chi connectivity index (χ4v) is 2.63. The molecule has 0 bridgehead atoms. The Hall–Kier alpha value is -1.92. The van der Waals surface area contributed by atoms with E-state index in [0.717, 1.165) is 18.5 Å². The van der Waals surface area contributed by atoms with Crippen molar-refractivity contribution in [1.82, 2.24) is 10.2 Å². The highest BCUT2D eigenvalue weighted by molar-refractivity contribution is 6.00. The Morgan fingerprint density at radius 1 is 1.48 bits per heavy atom. The van der Waals surface area contributed by atoms with Gasteiger partial charge in [-0.15, -0.1) is 0 Å². The van der Waals surface area contributed by atoms with Crippen molar-refractivity contribution in [1.29, 1.82) is 0 Å². The number of anilines is 1. The lowest BCUT2D eigenvalue weighted by molar-refractivity contribution is -0.120. The normalized spacial score (nSPS) is 21.9. The second kappa shape index (κ2) is 5.83. The average Bonchev–Trinajstić information content (AvgIpc) is 2.52. The van der Waals surface area contributed by atoms with E-state index in [9.17, 15) is 9.59 Å². The number of likely N-dealkylation sites (N-methyl/N-ethyl adjacent to an activating group) is 1. The summed E-state index contributed by atoms with van der Waals surface area (Å²) in [6, 6.07) is 5.18. The van der Waals surface area contributed by atoms with E-state index in [1.165, 1.54) is 0 Å². The Bertz CT molecular complexity index is 567. The molecule has 21 heavy (non-hydrogen) atoms. The van der Waals surface area contributed by atoms with Crippen molar-refractivity contribution in [3.8, 4) is 0 Å². The zero-order chi connectivity index (χ0) is 14.8. The maximum Gasteiger partial charge on any atom is 0.253 e. The summed E-state index contributed by atoms with van der Waals surface area (Å²) >= 11 is 0. The van der Waals surface area contributed by atoms with Crippen LogP contribution < -0.4 is 10.6 Å². The lowest BCUT2D eigenvalue weighted by atomic mass is 9.98. The van der Waals surface area contributed by atoms with Crippen LogP contribution in [-0.2, 0) is 16.0 Å². The average molecular weight is 289 g/mol. The molecule has 2 N–H and O–H groups in total. The number of nitrogens with zero attached hydrogens (tertiary/aromatic N) is 1. The number of ether oxygens (including phenoxy) is 1. The van der Waals surface area contributed by atoms with E-state index in [4.69, 9.17) is 4.74 Å². The van der Waals surface area contributed by atoms with Crippen molar-refractivity contribution in [3.05, 3.63) is 29.3 Å².